The normalized spacial score (nSPS) is 21.5. The molecule has 1 amide bonds. The molecule has 4 heteroatoms. The van der Waals surface area contributed by atoms with Gasteiger partial charge in [0, 0.05) is 6.54 Å². The summed E-state index contributed by atoms with van der Waals surface area (Å²) in [4.78, 5) is 13.9. The summed E-state index contributed by atoms with van der Waals surface area (Å²) in [5, 5.41) is 9.20. The minimum absolute atomic E-state index is 0.0211. The molecule has 0 aliphatic carbocycles. The number of hydrogen-bond acceptors (Lipinski definition) is 3. The predicted molar refractivity (Wildman–Crippen MR) is 65.2 cm³/mol. The van der Waals surface area contributed by atoms with Crippen LogP contribution in [0.1, 0.15) is 24.4 Å². The maximum Gasteiger partial charge on any atom is 0.244 e. The Hall–Kier alpha value is -1.39. The van der Waals surface area contributed by atoms with Crippen molar-refractivity contribution in [2.24, 2.45) is 5.73 Å². The van der Waals surface area contributed by atoms with Gasteiger partial charge in [0.05, 0.1) is 12.6 Å². The van der Waals surface area contributed by atoms with Crippen molar-refractivity contribution < 1.29 is 9.90 Å². The van der Waals surface area contributed by atoms with Crippen molar-refractivity contribution >= 4 is 5.91 Å². The summed E-state index contributed by atoms with van der Waals surface area (Å²) in [6, 6.07) is 8.67. The fourth-order valence-electron chi connectivity index (χ4n) is 2.30. The Labute approximate surface area is 101 Å². The maximum atomic E-state index is 12.2. The van der Waals surface area contributed by atoms with Crippen LogP contribution >= 0.6 is 0 Å². The number of carbonyl (C=O) groups excluding carboxylic acids is 1. The van der Waals surface area contributed by atoms with Gasteiger partial charge >= 0.3 is 0 Å². The molecule has 0 spiro atoms. The minimum Gasteiger partial charge on any atom is -0.394 e. The minimum atomic E-state index is -0.622. The third-order valence-electron chi connectivity index (χ3n) is 3.30. The molecule has 0 aromatic heterocycles. The first kappa shape index (κ1) is 12.1. The zero-order valence-electron chi connectivity index (χ0n) is 9.75. The molecule has 0 bridgehead atoms. The molecule has 1 aromatic carbocycles. The fourth-order valence-corrected chi connectivity index (χ4v) is 2.30. The lowest BCUT2D eigenvalue weighted by atomic mass is 10.1. The van der Waals surface area contributed by atoms with Crippen LogP contribution in [-0.4, -0.2) is 35.1 Å². The van der Waals surface area contributed by atoms with Crippen molar-refractivity contribution in [2.75, 3.05) is 13.2 Å². The zero-order chi connectivity index (χ0) is 12.3. The molecule has 1 aliphatic heterocycles. The van der Waals surface area contributed by atoms with E-state index in [0.29, 0.717) is 6.54 Å². The highest BCUT2D eigenvalue weighted by atomic mass is 16.3. The Morgan fingerprint density at radius 1 is 1.47 bits per heavy atom. The average molecular weight is 234 g/mol. The lowest BCUT2D eigenvalue weighted by Gasteiger charge is -2.26. The highest BCUT2D eigenvalue weighted by molar-refractivity contribution is 5.83. The molecular formula is C13H18N2O2. The first-order chi connectivity index (χ1) is 8.24. The summed E-state index contributed by atoms with van der Waals surface area (Å²) in [5.74, 6) is -0.0900. The van der Waals surface area contributed by atoms with E-state index in [2.05, 4.69) is 0 Å². The number of benzene rings is 1. The van der Waals surface area contributed by atoms with E-state index in [9.17, 15) is 9.90 Å². The molecule has 2 rings (SSSR count). The monoisotopic (exact) mass is 234 g/mol. The molecule has 1 fully saturated rings. The van der Waals surface area contributed by atoms with E-state index < -0.39 is 6.04 Å². The number of carbonyl (C=O) groups is 1. The second-order valence-corrected chi connectivity index (χ2v) is 4.40. The molecule has 4 nitrogen and oxygen atoms in total. The summed E-state index contributed by atoms with van der Waals surface area (Å²) in [7, 11) is 0. The summed E-state index contributed by atoms with van der Waals surface area (Å²) < 4.78 is 0. The number of hydrogen-bond donors (Lipinski definition) is 2. The van der Waals surface area contributed by atoms with Crippen LogP contribution in [0.2, 0.25) is 0 Å². The fraction of sp³-hybridized carbons (Fsp3) is 0.462. The quantitative estimate of drug-likeness (QED) is 0.807. The predicted octanol–water partition coefficient (Wildman–Crippen LogP) is 0.670. The van der Waals surface area contributed by atoms with E-state index >= 15 is 0 Å². The standard InChI is InChI=1S/C13H18N2O2/c14-12(10-5-2-1-3-6-10)13(17)15-8-4-7-11(15)9-16/h1-3,5-6,11-12,16H,4,7-9,14H2/t11-,12+/m0/s1. The summed E-state index contributed by atoms with van der Waals surface area (Å²) in [6.45, 7) is 0.720. The van der Waals surface area contributed by atoms with Gasteiger partial charge in [-0.3, -0.25) is 4.79 Å². The Morgan fingerprint density at radius 3 is 2.82 bits per heavy atom. The van der Waals surface area contributed by atoms with Crippen LogP contribution in [-0.2, 0) is 4.79 Å². The van der Waals surface area contributed by atoms with Crippen LogP contribution in [0.5, 0.6) is 0 Å². The maximum absolute atomic E-state index is 12.2. The highest BCUT2D eigenvalue weighted by Crippen LogP contribution is 2.21. The molecule has 92 valence electrons. The van der Waals surface area contributed by atoms with Gasteiger partial charge in [0.15, 0.2) is 0 Å². The van der Waals surface area contributed by atoms with Crippen LogP contribution < -0.4 is 5.73 Å². The lowest BCUT2D eigenvalue weighted by Crippen LogP contribution is -2.42. The molecule has 1 saturated heterocycles. The Balaban J connectivity index is 2.10. The highest BCUT2D eigenvalue weighted by Gasteiger charge is 2.31. The topological polar surface area (TPSA) is 66.6 Å². The lowest BCUT2D eigenvalue weighted by molar-refractivity contribution is -0.134. The average Bonchev–Trinajstić information content (AvgIpc) is 2.86. The molecule has 2 atom stereocenters. The zero-order valence-corrected chi connectivity index (χ0v) is 9.75. The van der Waals surface area contributed by atoms with Crippen molar-refractivity contribution in [3.8, 4) is 0 Å². The number of aliphatic hydroxyl groups is 1. The molecular weight excluding hydrogens is 216 g/mol. The number of nitrogens with zero attached hydrogens (tertiary/aromatic N) is 1. The van der Waals surface area contributed by atoms with Gasteiger partial charge in [0.25, 0.3) is 0 Å². The number of amides is 1. The van der Waals surface area contributed by atoms with Crippen LogP contribution in [0.3, 0.4) is 0 Å². The summed E-state index contributed by atoms with van der Waals surface area (Å²) in [5.41, 5.74) is 6.78. The third kappa shape index (κ3) is 2.48. The van der Waals surface area contributed by atoms with E-state index in [1.807, 2.05) is 30.3 Å². The third-order valence-corrected chi connectivity index (χ3v) is 3.30. The van der Waals surface area contributed by atoms with Gasteiger partial charge in [-0.15, -0.1) is 0 Å². The summed E-state index contributed by atoms with van der Waals surface area (Å²) in [6.07, 6.45) is 1.81. The van der Waals surface area contributed by atoms with Gasteiger partial charge in [-0.25, -0.2) is 0 Å². The number of aliphatic hydroxyl groups excluding tert-OH is 1. The Kier molecular flexibility index (Phi) is 3.76. The molecule has 0 radical (unpaired) electrons. The van der Waals surface area contributed by atoms with E-state index in [1.165, 1.54) is 0 Å². The van der Waals surface area contributed by atoms with Crippen LogP contribution in [0.4, 0.5) is 0 Å². The van der Waals surface area contributed by atoms with Gasteiger partial charge in [-0.2, -0.15) is 0 Å². The molecule has 17 heavy (non-hydrogen) atoms. The van der Waals surface area contributed by atoms with Crippen LogP contribution in [0.25, 0.3) is 0 Å². The second kappa shape index (κ2) is 5.29. The van der Waals surface area contributed by atoms with E-state index in [1.54, 1.807) is 4.90 Å². The molecule has 0 saturated carbocycles. The Morgan fingerprint density at radius 2 is 2.18 bits per heavy atom. The van der Waals surface area contributed by atoms with Gasteiger partial charge in [-0.05, 0) is 18.4 Å². The van der Waals surface area contributed by atoms with Crippen molar-refractivity contribution in [1.29, 1.82) is 0 Å². The van der Waals surface area contributed by atoms with Crippen molar-refractivity contribution in [2.45, 2.75) is 24.9 Å². The van der Waals surface area contributed by atoms with Crippen LogP contribution in [0, 0.1) is 0 Å². The molecule has 1 heterocycles. The largest absolute Gasteiger partial charge is 0.394 e. The van der Waals surface area contributed by atoms with Crippen molar-refractivity contribution in [3.63, 3.8) is 0 Å². The van der Waals surface area contributed by atoms with Gasteiger partial charge in [-0.1, -0.05) is 30.3 Å². The first-order valence-corrected chi connectivity index (χ1v) is 5.96. The van der Waals surface area contributed by atoms with Crippen molar-refractivity contribution in [3.05, 3.63) is 35.9 Å². The van der Waals surface area contributed by atoms with Gasteiger partial charge in [0.2, 0.25) is 5.91 Å². The SMILES string of the molecule is N[C@@H](C(=O)N1CCC[C@H]1CO)c1ccccc1. The van der Waals surface area contributed by atoms with E-state index in [0.717, 1.165) is 18.4 Å². The number of rotatable bonds is 3. The van der Waals surface area contributed by atoms with Gasteiger partial charge in [0.1, 0.15) is 6.04 Å². The number of nitrogens with two attached hydrogens (primary N) is 1. The van der Waals surface area contributed by atoms with Crippen LogP contribution in [0.15, 0.2) is 30.3 Å². The second-order valence-electron chi connectivity index (χ2n) is 4.40. The first-order valence-electron chi connectivity index (χ1n) is 5.96. The van der Waals surface area contributed by atoms with E-state index in [-0.39, 0.29) is 18.6 Å². The molecule has 1 aromatic rings. The summed E-state index contributed by atoms with van der Waals surface area (Å²) >= 11 is 0. The Bertz CT molecular complexity index is 380. The smallest absolute Gasteiger partial charge is 0.244 e. The van der Waals surface area contributed by atoms with Gasteiger partial charge < -0.3 is 15.7 Å². The molecule has 0 unspecified atom stereocenters. The molecule has 3 N–H and O–H groups in total. The number of likely N-dealkylation sites (tertiary alicyclic amines) is 1. The molecule has 1 aliphatic rings. The van der Waals surface area contributed by atoms with E-state index in [4.69, 9.17) is 5.73 Å². The van der Waals surface area contributed by atoms with Crippen molar-refractivity contribution in [1.82, 2.24) is 4.90 Å².